The van der Waals surface area contributed by atoms with Crippen LogP contribution in [0.4, 0.5) is 5.82 Å². The van der Waals surface area contributed by atoms with E-state index in [1.54, 1.807) is 19.3 Å². The maximum absolute atomic E-state index is 11.7. The van der Waals surface area contributed by atoms with Gasteiger partial charge in [-0.25, -0.2) is 12.7 Å². The van der Waals surface area contributed by atoms with E-state index >= 15 is 0 Å². The molecule has 1 aromatic rings. The van der Waals surface area contributed by atoms with Crippen molar-refractivity contribution < 1.29 is 13.2 Å². The van der Waals surface area contributed by atoms with Gasteiger partial charge in [-0.1, -0.05) is 6.42 Å². The predicted molar refractivity (Wildman–Crippen MR) is 92.5 cm³/mol. The van der Waals surface area contributed by atoms with E-state index in [-0.39, 0.29) is 11.9 Å². The van der Waals surface area contributed by atoms with E-state index in [1.165, 1.54) is 23.6 Å². The van der Waals surface area contributed by atoms with Crippen LogP contribution >= 0.6 is 0 Å². The summed E-state index contributed by atoms with van der Waals surface area (Å²) in [5, 5.41) is 3.24. The molecule has 7 nitrogen and oxygen atoms in total. The minimum atomic E-state index is -3.04. The van der Waals surface area contributed by atoms with Crippen molar-refractivity contribution in [2.75, 3.05) is 30.7 Å². The summed E-state index contributed by atoms with van der Waals surface area (Å²) in [6, 6.07) is 0. The van der Waals surface area contributed by atoms with Crippen LogP contribution in [0.2, 0.25) is 0 Å². The molecular weight excluding hydrogens is 328 g/mol. The Morgan fingerprint density at radius 1 is 1.25 bits per heavy atom. The summed E-state index contributed by atoms with van der Waals surface area (Å²) in [6.07, 6.45) is 9.48. The van der Waals surface area contributed by atoms with Gasteiger partial charge in [-0.15, -0.1) is 0 Å². The molecule has 2 aliphatic rings. The van der Waals surface area contributed by atoms with E-state index in [1.807, 2.05) is 0 Å². The molecule has 2 heterocycles. The maximum atomic E-state index is 11.7. The molecule has 0 amide bonds. The summed E-state index contributed by atoms with van der Waals surface area (Å²) in [5.41, 5.74) is 0. The van der Waals surface area contributed by atoms with E-state index in [0.717, 1.165) is 12.8 Å². The van der Waals surface area contributed by atoms with Crippen LogP contribution in [0.25, 0.3) is 0 Å². The van der Waals surface area contributed by atoms with Crippen LogP contribution in [0.15, 0.2) is 12.4 Å². The SMILES string of the molecule is CCS(=O)(=O)N1CC(CNc2cncc(OC3CCCCC3)n2)C1. The number of aromatic nitrogens is 2. The van der Waals surface area contributed by atoms with Gasteiger partial charge in [0.25, 0.3) is 0 Å². The molecule has 3 rings (SSSR count). The molecule has 0 unspecified atom stereocenters. The Morgan fingerprint density at radius 3 is 2.71 bits per heavy atom. The lowest BCUT2D eigenvalue weighted by Crippen LogP contribution is -2.52. The number of anilines is 1. The van der Waals surface area contributed by atoms with Crippen molar-refractivity contribution in [2.45, 2.75) is 45.1 Å². The van der Waals surface area contributed by atoms with Gasteiger partial charge in [-0.2, -0.15) is 4.98 Å². The van der Waals surface area contributed by atoms with Crippen LogP contribution < -0.4 is 10.1 Å². The van der Waals surface area contributed by atoms with Gasteiger partial charge in [0.1, 0.15) is 11.9 Å². The van der Waals surface area contributed by atoms with Crippen LogP contribution in [0.5, 0.6) is 5.88 Å². The molecule has 0 aromatic carbocycles. The minimum absolute atomic E-state index is 0.166. The van der Waals surface area contributed by atoms with Crippen LogP contribution in [-0.2, 0) is 10.0 Å². The highest BCUT2D eigenvalue weighted by Crippen LogP contribution is 2.23. The highest BCUT2D eigenvalue weighted by atomic mass is 32.2. The second kappa shape index (κ2) is 7.65. The van der Waals surface area contributed by atoms with E-state index in [0.29, 0.717) is 37.3 Å². The second-order valence-corrected chi connectivity index (χ2v) is 8.84. The molecule has 134 valence electrons. The maximum Gasteiger partial charge on any atom is 0.234 e. The van der Waals surface area contributed by atoms with Gasteiger partial charge >= 0.3 is 0 Å². The molecule has 8 heteroatoms. The van der Waals surface area contributed by atoms with Crippen LogP contribution in [0.1, 0.15) is 39.0 Å². The summed E-state index contributed by atoms with van der Waals surface area (Å²) >= 11 is 0. The Labute approximate surface area is 143 Å². The van der Waals surface area contributed by atoms with Gasteiger partial charge in [0.05, 0.1) is 18.1 Å². The number of nitrogens with one attached hydrogen (secondary N) is 1. The molecule has 0 bridgehead atoms. The number of hydrogen-bond donors (Lipinski definition) is 1. The minimum Gasteiger partial charge on any atom is -0.473 e. The Kier molecular flexibility index (Phi) is 5.55. The molecule has 1 aliphatic carbocycles. The van der Waals surface area contributed by atoms with Gasteiger partial charge in [0, 0.05) is 25.6 Å². The number of sulfonamides is 1. The summed E-state index contributed by atoms with van der Waals surface area (Å²) in [5.74, 6) is 1.73. The molecule has 1 aliphatic heterocycles. The zero-order chi connectivity index (χ0) is 17.0. The van der Waals surface area contributed by atoms with Crippen LogP contribution in [-0.4, -0.2) is 54.2 Å². The van der Waals surface area contributed by atoms with Crippen molar-refractivity contribution in [3.05, 3.63) is 12.4 Å². The highest BCUT2D eigenvalue weighted by molar-refractivity contribution is 7.89. The summed E-state index contributed by atoms with van der Waals surface area (Å²) in [7, 11) is -3.04. The third-order valence-electron chi connectivity index (χ3n) is 4.71. The molecule has 1 N–H and O–H groups in total. The molecule has 1 aromatic heterocycles. The molecular formula is C16H26N4O3S. The number of nitrogens with zero attached hydrogens (tertiary/aromatic N) is 3. The van der Waals surface area contributed by atoms with Gasteiger partial charge in [0.15, 0.2) is 0 Å². The van der Waals surface area contributed by atoms with Crippen molar-refractivity contribution in [1.82, 2.24) is 14.3 Å². The fourth-order valence-corrected chi connectivity index (χ4v) is 4.40. The lowest BCUT2D eigenvalue weighted by atomic mass is 9.98. The third kappa shape index (κ3) is 4.36. The Hall–Kier alpha value is -1.41. The average molecular weight is 354 g/mol. The van der Waals surface area contributed by atoms with Crippen LogP contribution in [0, 0.1) is 5.92 Å². The molecule has 1 saturated carbocycles. The summed E-state index contributed by atoms with van der Waals surface area (Å²) < 4.78 is 30.9. The average Bonchev–Trinajstić information content (AvgIpc) is 2.54. The lowest BCUT2D eigenvalue weighted by molar-refractivity contribution is 0.148. The number of hydrogen-bond acceptors (Lipinski definition) is 6. The molecule has 1 saturated heterocycles. The molecule has 0 radical (unpaired) electrons. The first-order valence-corrected chi connectivity index (χ1v) is 10.4. The molecule has 0 spiro atoms. The second-order valence-electron chi connectivity index (χ2n) is 6.58. The van der Waals surface area contributed by atoms with Crippen molar-refractivity contribution in [3.8, 4) is 5.88 Å². The fraction of sp³-hybridized carbons (Fsp3) is 0.750. The fourth-order valence-electron chi connectivity index (χ4n) is 3.15. The van der Waals surface area contributed by atoms with Gasteiger partial charge < -0.3 is 10.1 Å². The standard InChI is InChI=1S/C16H26N4O3S/c1-2-24(21,22)20-11-13(12-20)8-18-15-9-17-10-16(19-15)23-14-6-4-3-5-7-14/h9-10,13-14H,2-8,11-12H2,1H3,(H,18,19). The summed E-state index contributed by atoms with van der Waals surface area (Å²) in [6.45, 7) is 3.52. The van der Waals surface area contributed by atoms with Crippen molar-refractivity contribution in [1.29, 1.82) is 0 Å². The number of rotatable bonds is 7. The Morgan fingerprint density at radius 2 is 2.00 bits per heavy atom. The predicted octanol–water partition coefficient (Wildman–Crippen LogP) is 1.88. The Bertz CT molecular complexity index is 640. The monoisotopic (exact) mass is 354 g/mol. The molecule has 24 heavy (non-hydrogen) atoms. The smallest absolute Gasteiger partial charge is 0.234 e. The normalized spacial score (nSPS) is 20.5. The van der Waals surface area contributed by atoms with Gasteiger partial charge in [-0.05, 0) is 32.6 Å². The first-order chi connectivity index (χ1) is 11.6. The summed E-state index contributed by atoms with van der Waals surface area (Å²) in [4.78, 5) is 8.64. The van der Waals surface area contributed by atoms with E-state index in [9.17, 15) is 8.42 Å². The van der Waals surface area contributed by atoms with Crippen LogP contribution in [0.3, 0.4) is 0 Å². The van der Waals surface area contributed by atoms with Crippen molar-refractivity contribution >= 4 is 15.8 Å². The topological polar surface area (TPSA) is 84.4 Å². The van der Waals surface area contributed by atoms with E-state index < -0.39 is 10.0 Å². The first-order valence-electron chi connectivity index (χ1n) is 8.77. The highest BCUT2D eigenvalue weighted by Gasteiger charge is 2.34. The Balaban J connectivity index is 1.45. The first kappa shape index (κ1) is 17.4. The third-order valence-corrected chi connectivity index (χ3v) is 6.52. The van der Waals surface area contributed by atoms with E-state index in [4.69, 9.17) is 4.74 Å². The largest absolute Gasteiger partial charge is 0.473 e. The van der Waals surface area contributed by atoms with Gasteiger partial charge in [-0.3, -0.25) is 4.98 Å². The quantitative estimate of drug-likeness (QED) is 0.805. The van der Waals surface area contributed by atoms with Crippen molar-refractivity contribution in [3.63, 3.8) is 0 Å². The molecule has 2 fully saturated rings. The zero-order valence-electron chi connectivity index (χ0n) is 14.1. The lowest BCUT2D eigenvalue weighted by Gasteiger charge is -2.37. The zero-order valence-corrected chi connectivity index (χ0v) is 15.0. The number of ether oxygens (including phenoxy) is 1. The van der Waals surface area contributed by atoms with Crippen molar-refractivity contribution in [2.24, 2.45) is 5.92 Å². The molecule has 0 atom stereocenters. The van der Waals surface area contributed by atoms with E-state index in [2.05, 4.69) is 15.3 Å². The van der Waals surface area contributed by atoms with Gasteiger partial charge in [0.2, 0.25) is 15.9 Å².